The Morgan fingerprint density at radius 1 is 1.17 bits per heavy atom. The molecule has 0 spiro atoms. The molecule has 1 aliphatic heterocycles. The number of aromatic nitrogens is 3. The van der Waals surface area contributed by atoms with Crippen molar-refractivity contribution in [3.63, 3.8) is 0 Å². The summed E-state index contributed by atoms with van der Waals surface area (Å²) in [7, 11) is 0. The number of nitrogens with zero attached hydrogens (tertiary/aromatic N) is 4. The van der Waals surface area contributed by atoms with Crippen LogP contribution in [0.4, 0.5) is 0 Å². The molecule has 2 aromatic heterocycles. The van der Waals surface area contributed by atoms with E-state index >= 15 is 0 Å². The Morgan fingerprint density at radius 2 is 2.13 bits per heavy atom. The summed E-state index contributed by atoms with van der Waals surface area (Å²) in [6.45, 7) is 4.73. The smallest absolute Gasteiger partial charge is 0.0974 e. The van der Waals surface area contributed by atoms with Gasteiger partial charge in [0.25, 0.3) is 0 Å². The average molecular weight is 331 g/mol. The van der Waals surface area contributed by atoms with Crippen LogP contribution in [0.3, 0.4) is 0 Å². The maximum atomic E-state index is 5.01. The van der Waals surface area contributed by atoms with Crippen LogP contribution in [0.1, 0.15) is 53.6 Å². The number of imidazole rings is 1. The van der Waals surface area contributed by atoms with Crippen molar-refractivity contribution in [2.45, 2.75) is 57.4 Å². The predicted molar refractivity (Wildman–Crippen MR) is 94.0 cm³/mol. The molecule has 0 amide bonds. The van der Waals surface area contributed by atoms with Crippen LogP contribution in [0.15, 0.2) is 18.7 Å². The molecule has 0 aromatic carbocycles. The number of hydrogen-bond donors (Lipinski definition) is 0. The van der Waals surface area contributed by atoms with E-state index in [2.05, 4.69) is 20.6 Å². The molecule has 5 heteroatoms. The van der Waals surface area contributed by atoms with Gasteiger partial charge in [0.05, 0.1) is 17.0 Å². The van der Waals surface area contributed by atoms with Crippen LogP contribution in [-0.2, 0) is 19.4 Å². The molecular weight excluding hydrogens is 304 g/mol. The second-order valence-electron chi connectivity index (χ2n) is 6.92. The van der Waals surface area contributed by atoms with Crippen molar-refractivity contribution in [2.75, 3.05) is 19.6 Å². The summed E-state index contributed by atoms with van der Waals surface area (Å²) in [6.07, 6.45) is 14.9. The van der Waals surface area contributed by atoms with Crippen molar-refractivity contribution >= 4 is 11.3 Å². The molecule has 1 fully saturated rings. The second kappa shape index (κ2) is 7.14. The van der Waals surface area contributed by atoms with Gasteiger partial charge in [0.1, 0.15) is 0 Å². The van der Waals surface area contributed by atoms with Crippen molar-refractivity contribution in [1.82, 2.24) is 19.4 Å². The molecule has 1 saturated heterocycles. The van der Waals surface area contributed by atoms with Crippen LogP contribution in [-0.4, -0.2) is 39.1 Å². The summed E-state index contributed by atoms with van der Waals surface area (Å²) in [6, 6.07) is 0. The molecule has 1 atom stereocenters. The zero-order valence-electron chi connectivity index (χ0n) is 13.8. The molecule has 2 aliphatic rings. The maximum Gasteiger partial charge on any atom is 0.0974 e. The van der Waals surface area contributed by atoms with Gasteiger partial charge in [0.2, 0.25) is 0 Å². The lowest BCUT2D eigenvalue weighted by Gasteiger charge is -2.31. The minimum Gasteiger partial charge on any atom is -0.337 e. The van der Waals surface area contributed by atoms with Gasteiger partial charge in [-0.1, -0.05) is 0 Å². The maximum absolute atomic E-state index is 5.01. The van der Waals surface area contributed by atoms with Gasteiger partial charge in [-0.2, -0.15) is 0 Å². The number of thiazole rings is 1. The van der Waals surface area contributed by atoms with Gasteiger partial charge < -0.3 is 9.47 Å². The highest BCUT2D eigenvalue weighted by molar-refractivity contribution is 7.11. The lowest BCUT2D eigenvalue weighted by Crippen LogP contribution is -2.35. The normalized spacial score (nSPS) is 22.2. The van der Waals surface area contributed by atoms with E-state index in [1.54, 1.807) is 4.88 Å². The number of aryl methyl sites for hydroxylation is 3. The lowest BCUT2D eigenvalue weighted by atomic mass is 9.98. The summed E-state index contributed by atoms with van der Waals surface area (Å²) >= 11 is 2.02. The highest BCUT2D eigenvalue weighted by Crippen LogP contribution is 2.34. The molecule has 2 aromatic rings. The van der Waals surface area contributed by atoms with Crippen LogP contribution in [0.5, 0.6) is 0 Å². The highest BCUT2D eigenvalue weighted by Gasteiger charge is 2.25. The van der Waals surface area contributed by atoms with E-state index in [1.165, 1.54) is 75.3 Å². The molecule has 0 radical (unpaired) electrons. The van der Waals surface area contributed by atoms with Crippen molar-refractivity contribution in [3.05, 3.63) is 34.3 Å². The quantitative estimate of drug-likeness (QED) is 0.841. The average Bonchev–Trinajstić information content (AvgIpc) is 3.24. The van der Waals surface area contributed by atoms with E-state index in [9.17, 15) is 0 Å². The van der Waals surface area contributed by atoms with Gasteiger partial charge in [-0.05, 0) is 58.0 Å². The number of hydrogen-bond acceptors (Lipinski definition) is 4. The molecule has 1 aliphatic carbocycles. The van der Waals surface area contributed by atoms with E-state index in [-0.39, 0.29) is 0 Å². The van der Waals surface area contributed by atoms with Gasteiger partial charge in [-0.25, -0.2) is 9.97 Å². The predicted octanol–water partition coefficient (Wildman–Crippen LogP) is 3.49. The third-order valence-corrected chi connectivity index (χ3v) is 6.49. The first-order valence-corrected chi connectivity index (χ1v) is 9.87. The molecule has 124 valence electrons. The fourth-order valence-electron chi connectivity index (χ4n) is 3.90. The standard InChI is InChI=1S/C18H26N4S/c1-2-7-17-16(6-1)20-18(23-17)15-5-3-9-21(13-15)10-4-11-22-12-8-19-14-22/h8,12,14-15H,1-7,9-11,13H2/t15-/m0/s1. The van der Waals surface area contributed by atoms with E-state index in [0.717, 1.165) is 6.54 Å². The first-order valence-electron chi connectivity index (χ1n) is 9.05. The Bertz CT molecular complexity index is 596. The van der Waals surface area contributed by atoms with Crippen LogP contribution >= 0.6 is 11.3 Å². The number of piperidine rings is 1. The minimum atomic E-state index is 0.674. The molecule has 0 saturated carbocycles. The molecule has 0 N–H and O–H groups in total. The fourth-order valence-corrected chi connectivity index (χ4v) is 5.18. The Balaban J connectivity index is 1.32. The minimum absolute atomic E-state index is 0.674. The van der Waals surface area contributed by atoms with Gasteiger partial charge in [-0.3, -0.25) is 0 Å². The Hall–Kier alpha value is -1.20. The molecule has 23 heavy (non-hydrogen) atoms. The Kier molecular flexibility index (Phi) is 4.76. The summed E-state index contributed by atoms with van der Waals surface area (Å²) in [5.41, 5.74) is 1.42. The van der Waals surface area contributed by atoms with Crippen LogP contribution in [0, 0.1) is 0 Å². The molecular formula is C18H26N4S. The van der Waals surface area contributed by atoms with Gasteiger partial charge in [0, 0.05) is 36.3 Å². The van der Waals surface area contributed by atoms with Crippen LogP contribution < -0.4 is 0 Å². The summed E-state index contributed by atoms with van der Waals surface area (Å²) in [5.74, 6) is 0.674. The van der Waals surface area contributed by atoms with Crippen molar-refractivity contribution in [2.24, 2.45) is 0 Å². The number of likely N-dealkylation sites (tertiary alicyclic amines) is 1. The topological polar surface area (TPSA) is 34.0 Å². The van der Waals surface area contributed by atoms with Crippen LogP contribution in [0.25, 0.3) is 0 Å². The third-order valence-electron chi connectivity index (χ3n) is 5.17. The SMILES string of the molecule is c1cn(CCCN2CCC[C@H](c3nc4c(s3)CCCC4)C2)cn1. The van der Waals surface area contributed by atoms with Crippen LogP contribution in [0.2, 0.25) is 0 Å². The summed E-state index contributed by atoms with van der Waals surface area (Å²) in [4.78, 5) is 13.4. The van der Waals surface area contributed by atoms with E-state index in [4.69, 9.17) is 4.98 Å². The fraction of sp³-hybridized carbons (Fsp3) is 0.667. The lowest BCUT2D eigenvalue weighted by molar-refractivity contribution is 0.202. The van der Waals surface area contributed by atoms with E-state index < -0.39 is 0 Å². The summed E-state index contributed by atoms with van der Waals surface area (Å²) < 4.78 is 2.18. The Morgan fingerprint density at radius 3 is 3.00 bits per heavy atom. The summed E-state index contributed by atoms with van der Waals surface area (Å²) in [5, 5.41) is 1.43. The first-order chi connectivity index (χ1) is 11.4. The molecule has 3 heterocycles. The molecule has 4 rings (SSSR count). The van der Waals surface area contributed by atoms with Crippen molar-refractivity contribution < 1.29 is 0 Å². The zero-order chi connectivity index (χ0) is 15.5. The molecule has 0 unspecified atom stereocenters. The molecule has 4 nitrogen and oxygen atoms in total. The van der Waals surface area contributed by atoms with E-state index in [0.29, 0.717) is 5.92 Å². The van der Waals surface area contributed by atoms with E-state index in [1.807, 2.05) is 23.9 Å². The Labute approximate surface area is 142 Å². The third kappa shape index (κ3) is 3.66. The zero-order valence-corrected chi connectivity index (χ0v) is 14.6. The highest BCUT2D eigenvalue weighted by atomic mass is 32.1. The first kappa shape index (κ1) is 15.3. The monoisotopic (exact) mass is 330 g/mol. The molecule has 0 bridgehead atoms. The second-order valence-corrected chi connectivity index (χ2v) is 8.04. The van der Waals surface area contributed by atoms with Gasteiger partial charge in [-0.15, -0.1) is 11.3 Å². The number of fused-ring (bicyclic) bond motifs is 1. The largest absolute Gasteiger partial charge is 0.337 e. The van der Waals surface area contributed by atoms with Gasteiger partial charge in [0.15, 0.2) is 0 Å². The van der Waals surface area contributed by atoms with Crippen molar-refractivity contribution in [3.8, 4) is 0 Å². The van der Waals surface area contributed by atoms with Gasteiger partial charge >= 0.3 is 0 Å². The number of rotatable bonds is 5. The van der Waals surface area contributed by atoms with Crippen molar-refractivity contribution in [1.29, 1.82) is 0 Å².